The molecule has 0 spiro atoms. The summed E-state index contributed by atoms with van der Waals surface area (Å²) in [5, 5.41) is 2.51. The van der Waals surface area contributed by atoms with Crippen LogP contribution < -0.4 is 10.1 Å². The van der Waals surface area contributed by atoms with E-state index in [-0.39, 0.29) is 5.69 Å². The second kappa shape index (κ2) is 6.23. The van der Waals surface area contributed by atoms with Crippen LogP contribution >= 0.6 is 11.3 Å². The fraction of sp³-hybridized carbons (Fsp3) is 0.312. The predicted octanol–water partition coefficient (Wildman–Crippen LogP) is 4.78. The van der Waals surface area contributed by atoms with Gasteiger partial charge in [0.2, 0.25) is 0 Å². The third-order valence-electron chi connectivity index (χ3n) is 3.58. The second-order valence-electron chi connectivity index (χ2n) is 5.26. The normalized spacial score (nSPS) is 14.2. The topological polar surface area (TPSA) is 38.3 Å². The Balaban J connectivity index is 1.79. The van der Waals surface area contributed by atoms with Gasteiger partial charge < -0.3 is 10.1 Å². The number of hydrogen-bond donors (Lipinski definition) is 1. The summed E-state index contributed by atoms with van der Waals surface area (Å²) in [6.45, 7) is 0. The van der Waals surface area contributed by atoms with Crippen LogP contribution in [-0.2, 0) is 12.8 Å². The first-order chi connectivity index (χ1) is 10.9. The third-order valence-corrected chi connectivity index (χ3v) is 4.82. The molecule has 2 aromatic rings. The molecular weight excluding hydrogens is 327 g/mol. The van der Waals surface area contributed by atoms with E-state index < -0.39 is 18.0 Å². The maximum Gasteiger partial charge on any atom is 0.573 e. The van der Waals surface area contributed by atoms with Gasteiger partial charge in [0.1, 0.15) is 0 Å². The molecule has 0 saturated carbocycles. The van der Waals surface area contributed by atoms with Crippen LogP contribution in [0.4, 0.5) is 18.9 Å². The molecule has 1 aromatic carbocycles. The molecule has 0 fully saturated rings. The van der Waals surface area contributed by atoms with Gasteiger partial charge in [0.25, 0.3) is 5.91 Å². The van der Waals surface area contributed by atoms with Gasteiger partial charge in [0, 0.05) is 4.88 Å². The molecule has 1 aromatic heterocycles. The van der Waals surface area contributed by atoms with Crippen molar-refractivity contribution in [1.82, 2.24) is 0 Å². The number of halogens is 3. The maximum atomic E-state index is 12.4. The van der Waals surface area contributed by atoms with Gasteiger partial charge in [-0.3, -0.25) is 4.79 Å². The first kappa shape index (κ1) is 15.9. The Kier molecular flexibility index (Phi) is 4.30. The van der Waals surface area contributed by atoms with Gasteiger partial charge in [-0.05, 0) is 49.4 Å². The number of aryl methyl sites for hydroxylation is 2. The molecule has 0 radical (unpaired) electrons. The van der Waals surface area contributed by atoms with Gasteiger partial charge in [-0.25, -0.2) is 0 Å². The number of hydrogen-bond acceptors (Lipinski definition) is 3. The van der Waals surface area contributed by atoms with Gasteiger partial charge in [-0.1, -0.05) is 12.1 Å². The Labute approximate surface area is 135 Å². The number of carbonyl (C=O) groups is 1. The van der Waals surface area contributed by atoms with E-state index in [1.807, 2.05) is 6.07 Å². The molecule has 23 heavy (non-hydrogen) atoms. The number of rotatable bonds is 3. The van der Waals surface area contributed by atoms with Crippen molar-refractivity contribution in [2.45, 2.75) is 32.0 Å². The summed E-state index contributed by atoms with van der Waals surface area (Å²) in [5.41, 5.74) is 1.17. The van der Waals surface area contributed by atoms with Crippen molar-refractivity contribution in [2.24, 2.45) is 0 Å². The lowest BCUT2D eigenvalue weighted by Gasteiger charge is -2.13. The standard InChI is InChI=1S/C16H14F3NO2S/c17-16(18,19)22-12-7-3-2-6-11(12)20-15(21)14-9-10-5-1-4-8-13(10)23-14/h2-3,6-7,9H,1,4-5,8H2,(H,20,21). The molecular formula is C16H14F3NO2S. The van der Waals surface area contributed by atoms with Crippen molar-refractivity contribution in [3.05, 3.63) is 45.6 Å². The summed E-state index contributed by atoms with van der Waals surface area (Å²) in [6, 6.07) is 7.34. The number of para-hydroxylation sites is 2. The minimum Gasteiger partial charge on any atom is -0.404 e. The molecule has 0 atom stereocenters. The number of benzene rings is 1. The number of fused-ring (bicyclic) bond motifs is 1. The van der Waals surface area contributed by atoms with E-state index in [4.69, 9.17) is 0 Å². The lowest BCUT2D eigenvalue weighted by atomic mass is 9.99. The highest BCUT2D eigenvalue weighted by molar-refractivity contribution is 7.14. The first-order valence-corrected chi connectivity index (χ1v) is 8.02. The molecule has 1 aliphatic carbocycles. The Morgan fingerprint density at radius 2 is 1.91 bits per heavy atom. The van der Waals surface area contributed by atoms with Crippen LogP contribution in [0, 0.1) is 0 Å². The molecule has 1 amide bonds. The van der Waals surface area contributed by atoms with Gasteiger partial charge >= 0.3 is 6.36 Å². The maximum absolute atomic E-state index is 12.4. The highest BCUT2D eigenvalue weighted by Gasteiger charge is 2.32. The highest BCUT2D eigenvalue weighted by Crippen LogP contribution is 2.33. The monoisotopic (exact) mass is 341 g/mol. The van der Waals surface area contributed by atoms with Crippen LogP contribution in [0.2, 0.25) is 0 Å². The van der Waals surface area contributed by atoms with Crippen molar-refractivity contribution >= 4 is 22.9 Å². The summed E-state index contributed by atoms with van der Waals surface area (Å²) in [4.78, 5) is 14.0. The van der Waals surface area contributed by atoms with Crippen LogP contribution in [0.15, 0.2) is 30.3 Å². The van der Waals surface area contributed by atoms with Crippen LogP contribution in [0.25, 0.3) is 0 Å². The second-order valence-corrected chi connectivity index (χ2v) is 6.40. The van der Waals surface area contributed by atoms with E-state index in [1.54, 1.807) is 0 Å². The smallest absolute Gasteiger partial charge is 0.404 e. The Morgan fingerprint density at radius 1 is 1.17 bits per heavy atom. The highest BCUT2D eigenvalue weighted by atomic mass is 32.1. The fourth-order valence-electron chi connectivity index (χ4n) is 2.57. The zero-order chi connectivity index (χ0) is 16.4. The van der Waals surface area contributed by atoms with E-state index in [1.165, 1.54) is 46.0 Å². The number of nitrogens with one attached hydrogen (secondary N) is 1. The Hall–Kier alpha value is -2.02. The molecule has 3 rings (SSSR count). The minimum atomic E-state index is -4.80. The average molecular weight is 341 g/mol. The molecule has 0 saturated heterocycles. The fourth-order valence-corrected chi connectivity index (χ4v) is 3.72. The quantitative estimate of drug-likeness (QED) is 0.873. The lowest BCUT2D eigenvalue weighted by molar-refractivity contribution is -0.274. The summed E-state index contributed by atoms with van der Waals surface area (Å²) >= 11 is 1.41. The Bertz CT molecular complexity index is 701. The van der Waals surface area contributed by atoms with Crippen LogP contribution in [0.3, 0.4) is 0 Å². The van der Waals surface area contributed by atoms with Gasteiger partial charge in [-0.2, -0.15) is 0 Å². The summed E-state index contributed by atoms with van der Waals surface area (Å²) < 4.78 is 41.2. The predicted molar refractivity (Wildman–Crippen MR) is 82.0 cm³/mol. The number of thiophene rings is 1. The number of alkyl halides is 3. The molecule has 0 unspecified atom stereocenters. The minimum absolute atomic E-state index is 0.00111. The summed E-state index contributed by atoms with van der Waals surface area (Å²) in [6.07, 6.45) is -0.680. The third kappa shape index (κ3) is 3.85. The number of carbonyl (C=O) groups excluding carboxylic acids is 1. The van der Waals surface area contributed by atoms with Crippen LogP contribution in [-0.4, -0.2) is 12.3 Å². The number of ether oxygens (including phenoxy) is 1. The number of amides is 1. The molecule has 1 N–H and O–H groups in total. The van der Waals surface area contributed by atoms with Crippen molar-refractivity contribution < 1.29 is 22.7 Å². The van der Waals surface area contributed by atoms with Crippen molar-refractivity contribution in [3.8, 4) is 5.75 Å². The SMILES string of the molecule is O=C(Nc1ccccc1OC(F)(F)F)c1cc2c(s1)CCCC2. The largest absolute Gasteiger partial charge is 0.573 e. The van der Waals surface area contributed by atoms with E-state index in [0.717, 1.165) is 25.7 Å². The molecule has 7 heteroatoms. The van der Waals surface area contributed by atoms with Crippen molar-refractivity contribution in [3.63, 3.8) is 0 Å². The molecule has 1 aliphatic rings. The average Bonchev–Trinajstić information content (AvgIpc) is 2.92. The van der Waals surface area contributed by atoms with Gasteiger partial charge in [-0.15, -0.1) is 24.5 Å². The van der Waals surface area contributed by atoms with Crippen molar-refractivity contribution in [1.29, 1.82) is 0 Å². The number of anilines is 1. The van der Waals surface area contributed by atoms with Gasteiger partial charge in [0.05, 0.1) is 10.6 Å². The molecule has 1 heterocycles. The van der Waals surface area contributed by atoms with E-state index in [0.29, 0.717) is 4.88 Å². The van der Waals surface area contributed by atoms with Crippen LogP contribution in [0.5, 0.6) is 5.75 Å². The van der Waals surface area contributed by atoms with E-state index >= 15 is 0 Å². The first-order valence-electron chi connectivity index (χ1n) is 7.20. The van der Waals surface area contributed by atoms with Crippen molar-refractivity contribution in [2.75, 3.05) is 5.32 Å². The lowest BCUT2D eigenvalue weighted by Crippen LogP contribution is -2.19. The van der Waals surface area contributed by atoms with Gasteiger partial charge in [0.15, 0.2) is 5.75 Å². The van der Waals surface area contributed by atoms with E-state index in [9.17, 15) is 18.0 Å². The summed E-state index contributed by atoms with van der Waals surface area (Å²) in [5.74, 6) is -0.836. The zero-order valence-electron chi connectivity index (χ0n) is 12.1. The Morgan fingerprint density at radius 3 is 2.65 bits per heavy atom. The molecule has 0 bridgehead atoms. The summed E-state index contributed by atoms with van der Waals surface area (Å²) in [7, 11) is 0. The van der Waals surface area contributed by atoms with E-state index in [2.05, 4.69) is 10.1 Å². The zero-order valence-corrected chi connectivity index (χ0v) is 12.9. The molecule has 0 aliphatic heterocycles. The molecule has 3 nitrogen and oxygen atoms in total. The van der Waals surface area contributed by atoms with Crippen LogP contribution in [0.1, 0.15) is 33.0 Å². The molecule has 122 valence electrons.